The Morgan fingerprint density at radius 3 is 2.46 bits per heavy atom. The fraction of sp³-hybridized carbons (Fsp3) is 0.200. The van der Waals surface area contributed by atoms with E-state index in [-0.39, 0.29) is 0 Å². The molecule has 0 aliphatic rings. The van der Waals surface area contributed by atoms with Gasteiger partial charge in [0.2, 0.25) is 5.95 Å². The van der Waals surface area contributed by atoms with E-state index in [1.165, 1.54) is 5.56 Å². The third-order valence-electron chi connectivity index (χ3n) is 3.91. The fourth-order valence-electron chi connectivity index (χ4n) is 2.56. The van der Waals surface area contributed by atoms with Gasteiger partial charge in [0.1, 0.15) is 5.82 Å². The molecule has 0 atom stereocenters. The quantitative estimate of drug-likeness (QED) is 0.565. The first kappa shape index (κ1) is 18.5. The second kappa shape index (κ2) is 9.41. The van der Waals surface area contributed by atoms with E-state index in [1.807, 2.05) is 24.3 Å². The molecule has 0 saturated carbocycles. The van der Waals surface area contributed by atoms with E-state index in [4.69, 9.17) is 23.2 Å². The average molecular weight is 387 g/mol. The van der Waals surface area contributed by atoms with Gasteiger partial charge in [0.25, 0.3) is 0 Å². The van der Waals surface area contributed by atoms with Gasteiger partial charge in [-0.25, -0.2) is 4.98 Å². The van der Waals surface area contributed by atoms with E-state index < -0.39 is 0 Å². The van der Waals surface area contributed by atoms with Crippen molar-refractivity contribution >= 4 is 35.0 Å². The fourth-order valence-corrected chi connectivity index (χ4v) is 3.06. The first-order valence-electron chi connectivity index (χ1n) is 8.49. The van der Waals surface area contributed by atoms with Gasteiger partial charge in [-0.3, -0.25) is 0 Å². The maximum Gasteiger partial charge on any atom is 0.224 e. The normalized spacial score (nSPS) is 10.5. The molecule has 1 heterocycles. The summed E-state index contributed by atoms with van der Waals surface area (Å²) in [7, 11) is 0. The summed E-state index contributed by atoms with van der Waals surface area (Å²) in [5.41, 5.74) is 2.34. The van der Waals surface area contributed by atoms with Crippen molar-refractivity contribution in [3.63, 3.8) is 0 Å². The van der Waals surface area contributed by atoms with Gasteiger partial charge in [0.15, 0.2) is 0 Å². The molecule has 0 aliphatic heterocycles. The molecule has 3 aromatic rings. The SMILES string of the molecule is Clc1ccc(CCNc2nccc(NCCc3ccccc3)n2)c(Cl)c1. The molecule has 0 unspecified atom stereocenters. The Morgan fingerprint density at radius 2 is 1.65 bits per heavy atom. The Labute approximate surface area is 163 Å². The molecule has 3 rings (SSSR count). The van der Waals surface area contributed by atoms with Gasteiger partial charge >= 0.3 is 0 Å². The highest BCUT2D eigenvalue weighted by Gasteiger charge is 2.03. The Balaban J connectivity index is 1.47. The van der Waals surface area contributed by atoms with E-state index in [9.17, 15) is 0 Å². The maximum atomic E-state index is 6.19. The van der Waals surface area contributed by atoms with Gasteiger partial charge in [-0.2, -0.15) is 4.98 Å². The number of halogens is 2. The molecule has 4 nitrogen and oxygen atoms in total. The number of benzene rings is 2. The second-order valence-electron chi connectivity index (χ2n) is 5.84. The van der Waals surface area contributed by atoms with Crippen molar-refractivity contribution in [3.05, 3.63) is 82.0 Å². The highest BCUT2D eigenvalue weighted by Crippen LogP contribution is 2.21. The standard InChI is InChI=1S/C20H20Cl2N4/c21-17-7-6-16(18(22)14-17)9-12-24-20-25-13-10-19(26-20)23-11-8-15-4-2-1-3-5-15/h1-7,10,13-14H,8-9,11-12H2,(H2,23,24,25,26). The van der Waals surface area contributed by atoms with E-state index in [0.29, 0.717) is 22.5 Å². The highest BCUT2D eigenvalue weighted by atomic mass is 35.5. The van der Waals surface area contributed by atoms with Gasteiger partial charge in [0, 0.05) is 29.3 Å². The molecule has 0 bridgehead atoms. The minimum atomic E-state index is 0.597. The molecule has 0 spiro atoms. The Kier molecular flexibility index (Phi) is 6.69. The molecule has 2 N–H and O–H groups in total. The van der Waals surface area contributed by atoms with Crippen molar-refractivity contribution in [2.75, 3.05) is 23.7 Å². The zero-order valence-corrected chi connectivity index (χ0v) is 15.8. The lowest BCUT2D eigenvalue weighted by Crippen LogP contribution is -2.11. The van der Waals surface area contributed by atoms with E-state index >= 15 is 0 Å². The molecule has 0 fully saturated rings. The largest absolute Gasteiger partial charge is 0.370 e. The molecular formula is C20H20Cl2N4. The Bertz CT molecular complexity index is 840. The Morgan fingerprint density at radius 1 is 0.846 bits per heavy atom. The zero-order chi connectivity index (χ0) is 18.2. The number of hydrogen-bond donors (Lipinski definition) is 2. The van der Waals surface area contributed by atoms with Gasteiger partial charge in [-0.1, -0.05) is 59.6 Å². The van der Waals surface area contributed by atoms with E-state index in [0.717, 1.165) is 30.8 Å². The number of hydrogen-bond acceptors (Lipinski definition) is 4. The molecule has 0 amide bonds. The van der Waals surface area contributed by atoms with Gasteiger partial charge in [-0.05, 0) is 42.2 Å². The zero-order valence-electron chi connectivity index (χ0n) is 14.3. The predicted molar refractivity (Wildman–Crippen MR) is 109 cm³/mol. The number of aromatic nitrogens is 2. The molecular weight excluding hydrogens is 367 g/mol. The average Bonchev–Trinajstić information content (AvgIpc) is 2.65. The van der Waals surface area contributed by atoms with Crippen LogP contribution >= 0.6 is 23.2 Å². The van der Waals surface area contributed by atoms with Crippen LogP contribution in [0.5, 0.6) is 0 Å². The van der Waals surface area contributed by atoms with E-state index in [1.54, 1.807) is 12.3 Å². The van der Waals surface area contributed by atoms with Crippen molar-refractivity contribution in [3.8, 4) is 0 Å². The number of nitrogens with one attached hydrogen (secondary N) is 2. The minimum absolute atomic E-state index is 0.597. The molecule has 6 heteroatoms. The lowest BCUT2D eigenvalue weighted by atomic mass is 10.1. The molecule has 2 aromatic carbocycles. The summed E-state index contributed by atoms with van der Waals surface area (Å²) in [6.07, 6.45) is 3.46. The van der Waals surface area contributed by atoms with Crippen LogP contribution in [0.15, 0.2) is 60.8 Å². The van der Waals surface area contributed by atoms with Crippen LogP contribution in [0.3, 0.4) is 0 Å². The number of anilines is 2. The summed E-state index contributed by atoms with van der Waals surface area (Å²) in [5.74, 6) is 1.41. The molecule has 134 valence electrons. The minimum Gasteiger partial charge on any atom is -0.370 e. The maximum absolute atomic E-state index is 6.19. The van der Waals surface area contributed by atoms with Crippen molar-refractivity contribution in [2.45, 2.75) is 12.8 Å². The molecule has 0 radical (unpaired) electrons. The van der Waals surface area contributed by atoms with Crippen LogP contribution in [0.4, 0.5) is 11.8 Å². The van der Waals surface area contributed by atoms with Crippen LogP contribution < -0.4 is 10.6 Å². The van der Waals surface area contributed by atoms with Gasteiger partial charge in [-0.15, -0.1) is 0 Å². The van der Waals surface area contributed by atoms with Crippen LogP contribution in [-0.4, -0.2) is 23.1 Å². The summed E-state index contributed by atoms with van der Waals surface area (Å²) < 4.78 is 0. The summed E-state index contributed by atoms with van der Waals surface area (Å²) in [5, 5.41) is 7.88. The van der Waals surface area contributed by atoms with Crippen molar-refractivity contribution in [2.24, 2.45) is 0 Å². The first-order chi connectivity index (χ1) is 12.7. The van der Waals surface area contributed by atoms with Crippen LogP contribution in [0.1, 0.15) is 11.1 Å². The van der Waals surface area contributed by atoms with Gasteiger partial charge in [0.05, 0.1) is 0 Å². The second-order valence-corrected chi connectivity index (χ2v) is 6.68. The van der Waals surface area contributed by atoms with Crippen LogP contribution in [0.2, 0.25) is 10.0 Å². The molecule has 26 heavy (non-hydrogen) atoms. The number of nitrogens with zero attached hydrogens (tertiary/aromatic N) is 2. The third-order valence-corrected chi connectivity index (χ3v) is 4.50. The molecule has 0 aliphatic carbocycles. The summed E-state index contributed by atoms with van der Waals surface area (Å²) in [6.45, 7) is 1.51. The van der Waals surface area contributed by atoms with Gasteiger partial charge < -0.3 is 10.6 Å². The van der Waals surface area contributed by atoms with Crippen molar-refractivity contribution < 1.29 is 0 Å². The lowest BCUT2D eigenvalue weighted by Gasteiger charge is -2.09. The highest BCUT2D eigenvalue weighted by molar-refractivity contribution is 6.35. The number of rotatable bonds is 8. The van der Waals surface area contributed by atoms with Crippen LogP contribution in [0, 0.1) is 0 Å². The summed E-state index contributed by atoms with van der Waals surface area (Å²) in [4.78, 5) is 8.74. The van der Waals surface area contributed by atoms with Crippen LogP contribution in [0.25, 0.3) is 0 Å². The lowest BCUT2D eigenvalue weighted by molar-refractivity contribution is 0.970. The molecule has 1 aromatic heterocycles. The van der Waals surface area contributed by atoms with Crippen molar-refractivity contribution in [1.82, 2.24) is 9.97 Å². The topological polar surface area (TPSA) is 49.8 Å². The summed E-state index contributed by atoms with van der Waals surface area (Å²) >= 11 is 12.1. The third kappa shape index (κ3) is 5.61. The monoisotopic (exact) mass is 386 g/mol. The van der Waals surface area contributed by atoms with Crippen molar-refractivity contribution in [1.29, 1.82) is 0 Å². The Hall–Kier alpha value is -2.30. The van der Waals surface area contributed by atoms with Crippen LogP contribution in [-0.2, 0) is 12.8 Å². The summed E-state index contributed by atoms with van der Waals surface area (Å²) in [6, 6.07) is 17.8. The predicted octanol–water partition coefficient (Wildman–Crippen LogP) is 5.09. The first-order valence-corrected chi connectivity index (χ1v) is 9.25. The van der Waals surface area contributed by atoms with E-state index in [2.05, 4.69) is 44.9 Å². The molecule has 0 saturated heterocycles. The smallest absolute Gasteiger partial charge is 0.224 e.